The molecule has 0 radical (unpaired) electrons. The van der Waals surface area contributed by atoms with Crippen molar-refractivity contribution < 1.29 is 29.0 Å². The van der Waals surface area contributed by atoms with E-state index in [1.807, 2.05) is 6.07 Å². The number of carboxylic acids is 1. The molecule has 1 heterocycles. The number of ether oxygens (including phenoxy) is 1. The zero-order chi connectivity index (χ0) is 24.3. The van der Waals surface area contributed by atoms with E-state index in [1.54, 1.807) is 48.7 Å². The van der Waals surface area contributed by atoms with Crippen LogP contribution in [0.15, 0.2) is 66.9 Å². The van der Waals surface area contributed by atoms with E-state index in [-0.39, 0.29) is 18.4 Å². The first-order valence-electron chi connectivity index (χ1n) is 10.9. The number of pyridine rings is 1. The van der Waals surface area contributed by atoms with Crippen molar-refractivity contribution in [3.8, 4) is 0 Å². The average molecular weight is 463 g/mol. The molecule has 0 unspecified atom stereocenters. The van der Waals surface area contributed by atoms with Gasteiger partial charge in [0.25, 0.3) is 0 Å². The number of carbonyl (C=O) groups excluding carboxylic acids is 3. The Bertz CT molecular complexity index is 1170. The van der Waals surface area contributed by atoms with Crippen LogP contribution >= 0.6 is 0 Å². The van der Waals surface area contributed by atoms with Gasteiger partial charge in [0, 0.05) is 23.7 Å². The predicted molar refractivity (Wildman–Crippen MR) is 125 cm³/mol. The monoisotopic (exact) mass is 463 g/mol. The van der Waals surface area contributed by atoms with Crippen LogP contribution in [0.4, 0.5) is 10.5 Å². The Balaban J connectivity index is 1.64. The number of aliphatic carboxylic acids is 1. The van der Waals surface area contributed by atoms with Crippen LogP contribution in [0.2, 0.25) is 0 Å². The second kappa shape index (κ2) is 12.1. The molecule has 0 bridgehead atoms. The van der Waals surface area contributed by atoms with E-state index >= 15 is 0 Å². The molecule has 0 saturated carbocycles. The molecule has 1 atom stereocenters. The van der Waals surface area contributed by atoms with Gasteiger partial charge in [0.2, 0.25) is 5.91 Å². The van der Waals surface area contributed by atoms with Gasteiger partial charge in [-0.15, -0.1) is 0 Å². The molecule has 2 aromatic carbocycles. The fourth-order valence-corrected chi connectivity index (χ4v) is 3.34. The van der Waals surface area contributed by atoms with Crippen molar-refractivity contribution in [1.29, 1.82) is 0 Å². The molecule has 3 N–H and O–H groups in total. The van der Waals surface area contributed by atoms with Crippen molar-refractivity contribution in [2.45, 2.75) is 38.1 Å². The minimum Gasteiger partial charge on any atom is -0.481 e. The molecule has 0 fully saturated rings. The lowest BCUT2D eigenvalue weighted by molar-refractivity contribution is -0.137. The van der Waals surface area contributed by atoms with Crippen LogP contribution < -0.4 is 10.6 Å². The van der Waals surface area contributed by atoms with Gasteiger partial charge in [0.05, 0.1) is 11.1 Å². The number of fused-ring (bicyclic) bond motifs is 1. The number of hydrogen-bond acceptors (Lipinski definition) is 6. The smallest absolute Gasteiger partial charge is 0.415 e. The van der Waals surface area contributed by atoms with Gasteiger partial charge in [0.1, 0.15) is 6.04 Å². The predicted octanol–water partition coefficient (Wildman–Crippen LogP) is 4.14. The van der Waals surface area contributed by atoms with Gasteiger partial charge in [-0.25, -0.2) is 9.59 Å². The quantitative estimate of drug-likeness (QED) is 0.234. The van der Waals surface area contributed by atoms with Gasteiger partial charge in [-0.3, -0.25) is 14.6 Å². The van der Waals surface area contributed by atoms with Gasteiger partial charge >= 0.3 is 18.0 Å². The largest absolute Gasteiger partial charge is 0.481 e. The molecule has 176 valence electrons. The Hall–Kier alpha value is -4.27. The van der Waals surface area contributed by atoms with Crippen LogP contribution in [0.5, 0.6) is 0 Å². The van der Waals surface area contributed by atoms with Crippen molar-refractivity contribution in [3.63, 3.8) is 0 Å². The van der Waals surface area contributed by atoms with Gasteiger partial charge in [-0.2, -0.15) is 0 Å². The standard InChI is InChI=1S/C25H25N3O6/c29-22(30)12-6-2-5-11-21(28-25(33)34-24(32)17-8-3-1-4-9-17)23(31)27-19-13-14-20-18(16-19)10-7-15-26-20/h1,3-4,7-10,13-16,21H,2,5-6,11-12H2,(H,27,31)(H,28,33)(H,29,30)/t21-/m0/s1. The molecule has 1 aromatic heterocycles. The summed E-state index contributed by atoms with van der Waals surface area (Å²) in [5.41, 5.74) is 1.51. The lowest BCUT2D eigenvalue weighted by atomic mass is 10.1. The fraction of sp³-hybridized carbons (Fsp3) is 0.240. The van der Waals surface area contributed by atoms with Crippen LogP contribution in [0.1, 0.15) is 42.5 Å². The number of anilines is 1. The number of carbonyl (C=O) groups is 4. The third kappa shape index (κ3) is 7.40. The molecule has 2 amide bonds. The summed E-state index contributed by atoms with van der Waals surface area (Å²) in [4.78, 5) is 52.3. The number of unbranched alkanes of at least 4 members (excludes halogenated alkanes) is 2. The first-order chi connectivity index (χ1) is 16.4. The molecule has 0 aliphatic heterocycles. The minimum atomic E-state index is -1.04. The maximum absolute atomic E-state index is 12.9. The SMILES string of the molecule is O=C(O)CCCCC[C@H](NC(=O)OC(=O)c1ccccc1)C(=O)Nc1ccc2ncccc2c1. The Labute approximate surface area is 196 Å². The summed E-state index contributed by atoms with van der Waals surface area (Å²) in [6.45, 7) is 0. The van der Waals surface area contributed by atoms with Crippen LogP contribution in [0.3, 0.4) is 0 Å². The first-order valence-corrected chi connectivity index (χ1v) is 10.9. The number of benzene rings is 2. The van der Waals surface area contributed by atoms with E-state index in [4.69, 9.17) is 9.84 Å². The normalized spacial score (nSPS) is 11.4. The topological polar surface area (TPSA) is 135 Å². The van der Waals surface area contributed by atoms with Crippen LogP contribution in [-0.4, -0.2) is 40.1 Å². The molecule has 0 saturated heterocycles. The second-order valence-electron chi connectivity index (χ2n) is 7.63. The summed E-state index contributed by atoms with van der Waals surface area (Å²) >= 11 is 0. The van der Waals surface area contributed by atoms with Gasteiger partial charge in [0.15, 0.2) is 0 Å². The maximum Gasteiger partial charge on any atom is 0.415 e. The highest BCUT2D eigenvalue weighted by molar-refractivity contribution is 6.00. The van der Waals surface area contributed by atoms with E-state index in [9.17, 15) is 19.2 Å². The number of alkyl carbamates (subject to hydrolysis) is 1. The second-order valence-corrected chi connectivity index (χ2v) is 7.63. The van der Waals surface area contributed by atoms with E-state index in [0.717, 1.165) is 10.9 Å². The van der Waals surface area contributed by atoms with Crippen LogP contribution in [0, 0.1) is 0 Å². The Morgan fingerprint density at radius 3 is 2.50 bits per heavy atom. The number of carboxylic acid groups (broad SMARTS) is 1. The maximum atomic E-state index is 12.9. The highest BCUT2D eigenvalue weighted by Gasteiger charge is 2.23. The summed E-state index contributed by atoms with van der Waals surface area (Å²) in [5.74, 6) is -2.20. The zero-order valence-corrected chi connectivity index (χ0v) is 18.4. The molecule has 0 aliphatic rings. The third-order valence-corrected chi connectivity index (χ3v) is 5.06. The van der Waals surface area contributed by atoms with Gasteiger partial charge < -0.3 is 20.5 Å². The van der Waals surface area contributed by atoms with E-state index < -0.39 is 30.0 Å². The number of hydrogen-bond donors (Lipinski definition) is 3. The highest BCUT2D eigenvalue weighted by Crippen LogP contribution is 2.18. The number of nitrogens with one attached hydrogen (secondary N) is 2. The molecule has 0 spiro atoms. The summed E-state index contributed by atoms with van der Waals surface area (Å²) < 4.78 is 4.83. The zero-order valence-electron chi connectivity index (χ0n) is 18.4. The van der Waals surface area contributed by atoms with Crippen molar-refractivity contribution in [2.75, 3.05) is 5.32 Å². The van der Waals surface area contributed by atoms with Crippen molar-refractivity contribution >= 4 is 40.5 Å². The summed E-state index contributed by atoms with van der Waals surface area (Å²) in [7, 11) is 0. The lowest BCUT2D eigenvalue weighted by Crippen LogP contribution is -2.44. The number of nitrogens with zero attached hydrogens (tertiary/aromatic N) is 1. The molecule has 3 aromatic rings. The molecule has 9 heteroatoms. The molecular weight excluding hydrogens is 438 g/mol. The van der Waals surface area contributed by atoms with Crippen LogP contribution in [0.25, 0.3) is 10.9 Å². The highest BCUT2D eigenvalue weighted by atomic mass is 16.6. The fourth-order valence-electron chi connectivity index (χ4n) is 3.34. The Morgan fingerprint density at radius 1 is 0.941 bits per heavy atom. The Kier molecular flexibility index (Phi) is 8.67. The minimum absolute atomic E-state index is 0.0308. The number of aromatic nitrogens is 1. The molecule has 9 nitrogen and oxygen atoms in total. The average Bonchev–Trinajstić information content (AvgIpc) is 2.83. The van der Waals surface area contributed by atoms with Gasteiger partial charge in [-0.1, -0.05) is 37.1 Å². The Morgan fingerprint density at radius 2 is 1.74 bits per heavy atom. The third-order valence-electron chi connectivity index (χ3n) is 5.06. The summed E-state index contributed by atoms with van der Waals surface area (Å²) in [6.07, 6.45) is 2.43. The van der Waals surface area contributed by atoms with E-state index in [0.29, 0.717) is 24.9 Å². The van der Waals surface area contributed by atoms with Crippen molar-refractivity contribution in [2.24, 2.45) is 0 Å². The number of esters is 1. The van der Waals surface area contributed by atoms with Crippen molar-refractivity contribution in [3.05, 3.63) is 72.4 Å². The van der Waals surface area contributed by atoms with Crippen LogP contribution in [-0.2, 0) is 14.3 Å². The van der Waals surface area contributed by atoms with E-state index in [2.05, 4.69) is 15.6 Å². The number of amides is 2. The molecule has 34 heavy (non-hydrogen) atoms. The number of rotatable bonds is 10. The van der Waals surface area contributed by atoms with E-state index in [1.165, 1.54) is 12.1 Å². The molecular formula is C25H25N3O6. The van der Waals surface area contributed by atoms with Crippen molar-refractivity contribution in [1.82, 2.24) is 10.3 Å². The lowest BCUT2D eigenvalue weighted by Gasteiger charge is -2.18. The summed E-state index contributed by atoms with van der Waals surface area (Å²) in [6, 6.07) is 15.9. The summed E-state index contributed by atoms with van der Waals surface area (Å²) in [5, 5.41) is 14.8. The first kappa shape index (κ1) is 24.4. The van der Waals surface area contributed by atoms with Gasteiger partial charge in [-0.05, 0) is 49.2 Å². The molecule has 0 aliphatic carbocycles. The molecule has 3 rings (SSSR count).